The molecule has 0 unspecified atom stereocenters. The number of rotatable bonds is 7. The molecule has 0 fully saturated rings. The lowest BCUT2D eigenvalue weighted by Gasteiger charge is -2.26. The molecule has 0 atom stereocenters. The van der Waals surface area contributed by atoms with Crippen molar-refractivity contribution in [3.63, 3.8) is 0 Å². The second-order valence-electron chi connectivity index (χ2n) is 9.39. The lowest BCUT2D eigenvalue weighted by Crippen LogP contribution is -2.09. The van der Waals surface area contributed by atoms with Crippen molar-refractivity contribution in [3.05, 3.63) is 167 Å². The van der Waals surface area contributed by atoms with Gasteiger partial charge in [-0.3, -0.25) is 0 Å². The van der Waals surface area contributed by atoms with E-state index >= 15 is 0 Å². The molecule has 0 bridgehead atoms. The minimum atomic E-state index is 1.06. The third-order valence-electron chi connectivity index (χ3n) is 6.78. The van der Waals surface area contributed by atoms with E-state index in [0.717, 1.165) is 43.1 Å². The molecule has 0 aromatic heterocycles. The van der Waals surface area contributed by atoms with Gasteiger partial charge in [0.1, 0.15) is 0 Å². The fourth-order valence-corrected chi connectivity index (χ4v) is 5.36. The van der Waals surface area contributed by atoms with Crippen LogP contribution in [-0.2, 0) is 0 Å². The number of nitrogens with zero attached hydrogens (tertiary/aromatic N) is 2. The summed E-state index contributed by atoms with van der Waals surface area (Å²) in [6.45, 7) is 0. The number of para-hydroxylation sites is 2. The van der Waals surface area contributed by atoms with Crippen LogP contribution in [-0.4, -0.2) is 0 Å². The van der Waals surface area contributed by atoms with E-state index in [1.54, 1.807) is 0 Å². The highest BCUT2D eigenvalue weighted by Crippen LogP contribution is 2.38. The Morgan fingerprint density at radius 2 is 0.525 bits per heavy atom. The molecular formula is C36H26Br2N2. The predicted molar refractivity (Wildman–Crippen MR) is 177 cm³/mol. The average Bonchev–Trinajstić information content (AvgIpc) is 3.01. The fraction of sp³-hybridized carbons (Fsp3) is 0. The molecule has 0 N–H and O–H groups in total. The number of halogens is 2. The average molecular weight is 646 g/mol. The molecule has 40 heavy (non-hydrogen) atoms. The van der Waals surface area contributed by atoms with Gasteiger partial charge < -0.3 is 9.80 Å². The maximum atomic E-state index is 3.56. The van der Waals surface area contributed by atoms with Gasteiger partial charge in [0.15, 0.2) is 0 Å². The van der Waals surface area contributed by atoms with E-state index in [1.165, 1.54) is 11.1 Å². The topological polar surface area (TPSA) is 6.48 Å². The molecule has 0 aliphatic carbocycles. The Morgan fingerprint density at radius 1 is 0.275 bits per heavy atom. The standard InChI is InChI=1S/C36H26Br2N2/c37-29-15-23-35(24-16-29)40(36-25-17-30(38)18-26-36)34-21-13-28(14-22-34)27-11-19-33(20-12-27)39(31-7-3-1-4-8-31)32-9-5-2-6-10-32/h1-26H. The third-order valence-corrected chi connectivity index (χ3v) is 7.84. The molecule has 0 radical (unpaired) electrons. The van der Waals surface area contributed by atoms with Gasteiger partial charge in [-0.15, -0.1) is 0 Å². The van der Waals surface area contributed by atoms with Crippen molar-refractivity contribution in [1.82, 2.24) is 0 Å². The quantitative estimate of drug-likeness (QED) is 0.170. The van der Waals surface area contributed by atoms with Gasteiger partial charge in [-0.2, -0.15) is 0 Å². The summed E-state index contributed by atoms with van der Waals surface area (Å²) in [6, 6.07) is 55.3. The van der Waals surface area contributed by atoms with Gasteiger partial charge in [0.05, 0.1) is 0 Å². The van der Waals surface area contributed by atoms with Crippen molar-refractivity contribution in [1.29, 1.82) is 0 Å². The van der Waals surface area contributed by atoms with Crippen molar-refractivity contribution < 1.29 is 0 Å². The molecule has 194 valence electrons. The largest absolute Gasteiger partial charge is 0.311 e. The first kappa shape index (κ1) is 26.1. The van der Waals surface area contributed by atoms with Crippen LogP contribution >= 0.6 is 31.9 Å². The Balaban J connectivity index is 1.31. The van der Waals surface area contributed by atoms with Gasteiger partial charge in [0.25, 0.3) is 0 Å². The van der Waals surface area contributed by atoms with Crippen molar-refractivity contribution >= 4 is 66.0 Å². The van der Waals surface area contributed by atoms with Gasteiger partial charge in [0, 0.05) is 43.1 Å². The van der Waals surface area contributed by atoms with Crippen molar-refractivity contribution in [2.24, 2.45) is 0 Å². The van der Waals surface area contributed by atoms with Gasteiger partial charge in [-0.25, -0.2) is 0 Å². The van der Waals surface area contributed by atoms with Gasteiger partial charge >= 0.3 is 0 Å². The van der Waals surface area contributed by atoms with E-state index in [4.69, 9.17) is 0 Å². The first-order valence-electron chi connectivity index (χ1n) is 13.1. The van der Waals surface area contributed by atoms with Crippen LogP contribution in [0.5, 0.6) is 0 Å². The number of benzene rings is 6. The molecule has 0 saturated carbocycles. The molecule has 0 aliphatic rings. The van der Waals surface area contributed by atoms with Crippen molar-refractivity contribution in [2.75, 3.05) is 9.80 Å². The minimum absolute atomic E-state index is 1.06. The van der Waals surface area contributed by atoms with E-state index in [2.05, 4.69) is 187 Å². The summed E-state index contributed by atoms with van der Waals surface area (Å²) in [5.74, 6) is 0. The summed E-state index contributed by atoms with van der Waals surface area (Å²) in [4.78, 5) is 4.55. The Hall–Kier alpha value is -4.12. The minimum Gasteiger partial charge on any atom is -0.311 e. The van der Waals surface area contributed by atoms with Crippen LogP contribution in [0.25, 0.3) is 11.1 Å². The molecule has 6 aromatic rings. The third kappa shape index (κ3) is 5.74. The Morgan fingerprint density at radius 3 is 0.825 bits per heavy atom. The SMILES string of the molecule is Brc1ccc(N(c2ccc(Br)cc2)c2ccc(-c3ccc(N(c4ccccc4)c4ccccc4)cc3)cc2)cc1. The van der Waals surface area contributed by atoms with Gasteiger partial charge in [-0.1, -0.05) is 92.5 Å². The zero-order valence-corrected chi connectivity index (χ0v) is 24.8. The molecule has 2 nitrogen and oxygen atoms in total. The molecule has 0 aliphatic heterocycles. The monoisotopic (exact) mass is 644 g/mol. The second kappa shape index (κ2) is 12.0. The summed E-state index contributed by atoms with van der Waals surface area (Å²) in [6.07, 6.45) is 0. The van der Waals surface area contributed by atoms with Crippen LogP contribution in [0, 0.1) is 0 Å². The molecule has 0 saturated heterocycles. The zero-order valence-electron chi connectivity index (χ0n) is 21.7. The summed E-state index contributed by atoms with van der Waals surface area (Å²) in [5.41, 5.74) is 9.04. The van der Waals surface area contributed by atoms with Gasteiger partial charge in [-0.05, 0) is 108 Å². The second-order valence-corrected chi connectivity index (χ2v) is 11.2. The Kier molecular flexibility index (Phi) is 7.80. The summed E-state index contributed by atoms with van der Waals surface area (Å²) in [5, 5.41) is 0. The van der Waals surface area contributed by atoms with Crippen LogP contribution in [0.4, 0.5) is 34.1 Å². The van der Waals surface area contributed by atoms with E-state index in [1.807, 2.05) is 12.1 Å². The lowest BCUT2D eigenvalue weighted by molar-refractivity contribution is 1.28. The predicted octanol–water partition coefficient (Wildman–Crippen LogP) is 11.8. The Labute approximate surface area is 252 Å². The van der Waals surface area contributed by atoms with E-state index in [0.29, 0.717) is 0 Å². The summed E-state index contributed by atoms with van der Waals surface area (Å²) < 4.78 is 2.12. The van der Waals surface area contributed by atoms with Crippen LogP contribution in [0.15, 0.2) is 167 Å². The smallest absolute Gasteiger partial charge is 0.0462 e. The van der Waals surface area contributed by atoms with Crippen molar-refractivity contribution in [3.8, 4) is 11.1 Å². The maximum absolute atomic E-state index is 3.56. The molecule has 0 amide bonds. The number of hydrogen-bond acceptors (Lipinski definition) is 2. The van der Waals surface area contributed by atoms with Crippen LogP contribution in [0.2, 0.25) is 0 Å². The van der Waals surface area contributed by atoms with Crippen LogP contribution in [0.1, 0.15) is 0 Å². The number of hydrogen-bond donors (Lipinski definition) is 0. The first-order valence-corrected chi connectivity index (χ1v) is 14.7. The van der Waals surface area contributed by atoms with E-state index in [9.17, 15) is 0 Å². The van der Waals surface area contributed by atoms with E-state index in [-0.39, 0.29) is 0 Å². The van der Waals surface area contributed by atoms with Crippen LogP contribution in [0.3, 0.4) is 0 Å². The molecule has 6 rings (SSSR count). The van der Waals surface area contributed by atoms with Crippen LogP contribution < -0.4 is 9.80 Å². The lowest BCUT2D eigenvalue weighted by atomic mass is 10.0. The first-order chi connectivity index (χ1) is 19.7. The Bertz CT molecular complexity index is 1580. The highest BCUT2D eigenvalue weighted by Gasteiger charge is 2.14. The normalized spacial score (nSPS) is 10.8. The molecular weight excluding hydrogens is 620 g/mol. The van der Waals surface area contributed by atoms with E-state index < -0.39 is 0 Å². The molecule has 0 heterocycles. The molecule has 0 spiro atoms. The zero-order chi connectivity index (χ0) is 27.3. The summed E-state index contributed by atoms with van der Waals surface area (Å²) in [7, 11) is 0. The molecule has 6 aromatic carbocycles. The highest BCUT2D eigenvalue weighted by molar-refractivity contribution is 9.10. The van der Waals surface area contributed by atoms with Gasteiger partial charge in [0.2, 0.25) is 0 Å². The van der Waals surface area contributed by atoms with Crippen molar-refractivity contribution in [2.45, 2.75) is 0 Å². The fourth-order valence-electron chi connectivity index (χ4n) is 4.83. The summed E-state index contributed by atoms with van der Waals surface area (Å²) >= 11 is 7.13. The highest BCUT2D eigenvalue weighted by atomic mass is 79.9. The number of anilines is 6. The molecule has 4 heteroatoms. The maximum Gasteiger partial charge on any atom is 0.0462 e.